The van der Waals surface area contributed by atoms with Crippen molar-refractivity contribution < 1.29 is 13.2 Å². The van der Waals surface area contributed by atoms with Crippen molar-refractivity contribution >= 4 is 34.0 Å². The molecule has 0 aliphatic carbocycles. The molecule has 1 aromatic carbocycles. The molecule has 6 nitrogen and oxygen atoms in total. The van der Waals surface area contributed by atoms with Crippen molar-refractivity contribution in [2.75, 3.05) is 18.0 Å². The molecule has 0 spiro atoms. The van der Waals surface area contributed by atoms with Gasteiger partial charge in [-0.05, 0) is 50.4 Å². The molecule has 2 atom stereocenters. The summed E-state index contributed by atoms with van der Waals surface area (Å²) in [5.74, 6) is -0.0570. The van der Waals surface area contributed by atoms with Gasteiger partial charge in [-0.1, -0.05) is 6.07 Å². The number of carbonyl (C=O) groups is 1. The molecule has 0 radical (unpaired) electrons. The molecule has 8 heteroatoms. The van der Waals surface area contributed by atoms with Gasteiger partial charge in [-0.3, -0.25) is 4.79 Å². The van der Waals surface area contributed by atoms with Crippen molar-refractivity contribution in [3.63, 3.8) is 0 Å². The molecule has 1 amide bonds. The van der Waals surface area contributed by atoms with Crippen molar-refractivity contribution in [3.05, 3.63) is 23.8 Å². The number of fused-ring (bicyclic) bond motifs is 1. The third-order valence-corrected chi connectivity index (χ3v) is 6.11. The standard InChI is InChI=1S/C16H23N3O3S.ClH/c1-11-9-14(5-7-17-11)18-23(21,22)15-4-3-13-6-8-19(12(2)20)16(13)10-15;/h3-4,10-11,14,17-18H,5-9H2,1-2H3;1H. The molecule has 0 saturated carbocycles. The number of nitrogens with zero attached hydrogens (tertiary/aromatic N) is 1. The Morgan fingerprint density at radius 3 is 2.79 bits per heavy atom. The van der Waals surface area contributed by atoms with Gasteiger partial charge in [0.2, 0.25) is 15.9 Å². The van der Waals surface area contributed by atoms with Crippen molar-refractivity contribution in [1.82, 2.24) is 10.0 Å². The highest BCUT2D eigenvalue weighted by Crippen LogP contribution is 2.30. The summed E-state index contributed by atoms with van der Waals surface area (Å²) in [5.41, 5.74) is 1.74. The van der Waals surface area contributed by atoms with E-state index in [9.17, 15) is 13.2 Å². The largest absolute Gasteiger partial charge is 0.314 e. The topological polar surface area (TPSA) is 78.5 Å². The number of halogens is 1. The molecule has 1 fully saturated rings. The molecular formula is C16H24ClN3O3S. The normalized spacial score (nSPS) is 23.5. The lowest BCUT2D eigenvalue weighted by molar-refractivity contribution is -0.116. The Bertz CT molecular complexity index is 723. The van der Waals surface area contributed by atoms with Gasteiger partial charge >= 0.3 is 0 Å². The molecule has 1 saturated heterocycles. The van der Waals surface area contributed by atoms with E-state index in [1.807, 2.05) is 6.07 Å². The first-order valence-electron chi connectivity index (χ1n) is 8.03. The molecule has 0 aromatic heterocycles. The summed E-state index contributed by atoms with van der Waals surface area (Å²) in [5, 5.41) is 3.31. The fourth-order valence-corrected chi connectivity index (χ4v) is 4.68. The van der Waals surface area contributed by atoms with Crippen LogP contribution in [0, 0.1) is 0 Å². The molecule has 0 bridgehead atoms. The van der Waals surface area contributed by atoms with Gasteiger partial charge in [0.1, 0.15) is 0 Å². The quantitative estimate of drug-likeness (QED) is 0.840. The summed E-state index contributed by atoms with van der Waals surface area (Å²) in [6, 6.07) is 5.34. The number of benzene rings is 1. The molecule has 2 N–H and O–H groups in total. The summed E-state index contributed by atoms with van der Waals surface area (Å²) in [4.78, 5) is 13.5. The second-order valence-corrected chi connectivity index (χ2v) is 8.12. The zero-order valence-corrected chi connectivity index (χ0v) is 15.5. The smallest absolute Gasteiger partial charge is 0.240 e. The maximum Gasteiger partial charge on any atom is 0.240 e. The zero-order valence-electron chi connectivity index (χ0n) is 13.9. The van der Waals surface area contributed by atoms with Crippen molar-refractivity contribution in [2.45, 2.75) is 50.1 Å². The molecule has 2 aliphatic heterocycles. The number of hydrogen-bond donors (Lipinski definition) is 2. The van der Waals surface area contributed by atoms with Crippen molar-refractivity contribution in [3.8, 4) is 0 Å². The van der Waals surface area contributed by atoms with Crippen LogP contribution in [0.5, 0.6) is 0 Å². The van der Waals surface area contributed by atoms with Crippen LogP contribution in [0.25, 0.3) is 0 Å². The Morgan fingerprint density at radius 1 is 1.38 bits per heavy atom. The van der Waals surface area contributed by atoms with Gasteiger partial charge in [0.15, 0.2) is 0 Å². The van der Waals surface area contributed by atoms with Crippen LogP contribution in [-0.4, -0.2) is 39.5 Å². The molecule has 2 unspecified atom stereocenters. The monoisotopic (exact) mass is 373 g/mol. The van der Waals surface area contributed by atoms with Gasteiger partial charge in [-0.15, -0.1) is 12.4 Å². The van der Waals surface area contributed by atoms with Gasteiger partial charge in [-0.2, -0.15) is 0 Å². The number of rotatable bonds is 3. The lowest BCUT2D eigenvalue weighted by Crippen LogP contribution is -2.46. The fourth-order valence-electron chi connectivity index (χ4n) is 3.38. The van der Waals surface area contributed by atoms with E-state index in [0.29, 0.717) is 12.6 Å². The van der Waals surface area contributed by atoms with Crippen LogP contribution < -0.4 is 14.9 Å². The Kier molecular flexibility index (Phi) is 5.91. The highest BCUT2D eigenvalue weighted by atomic mass is 35.5. The van der Waals surface area contributed by atoms with Crippen LogP contribution in [0.1, 0.15) is 32.3 Å². The van der Waals surface area contributed by atoms with Gasteiger partial charge in [0, 0.05) is 31.2 Å². The number of nitrogens with one attached hydrogen (secondary N) is 2. The Hall–Kier alpha value is -1.15. The first-order valence-corrected chi connectivity index (χ1v) is 9.52. The van der Waals surface area contributed by atoms with Crippen LogP contribution in [0.15, 0.2) is 23.1 Å². The van der Waals surface area contributed by atoms with Gasteiger partial charge in [0.05, 0.1) is 4.90 Å². The average Bonchev–Trinajstić information content (AvgIpc) is 2.89. The van der Waals surface area contributed by atoms with Crippen LogP contribution in [-0.2, 0) is 21.2 Å². The average molecular weight is 374 g/mol. The van der Waals surface area contributed by atoms with E-state index in [0.717, 1.165) is 37.1 Å². The molecule has 24 heavy (non-hydrogen) atoms. The SMILES string of the molecule is CC(=O)N1CCc2ccc(S(=O)(=O)NC3CCNC(C)C3)cc21.Cl. The first-order chi connectivity index (χ1) is 10.9. The van der Waals surface area contributed by atoms with Crippen LogP contribution in [0.3, 0.4) is 0 Å². The zero-order chi connectivity index (χ0) is 16.6. The van der Waals surface area contributed by atoms with E-state index in [2.05, 4.69) is 17.0 Å². The summed E-state index contributed by atoms with van der Waals surface area (Å²) >= 11 is 0. The molecular weight excluding hydrogens is 350 g/mol. The summed E-state index contributed by atoms with van der Waals surface area (Å²) in [6.45, 7) is 5.00. The van der Waals surface area contributed by atoms with Crippen LogP contribution >= 0.6 is 12.4 Å². The summed E-state index contributed by atoms with van der Waals surface area (Å²) in [6.07, 6.45) is 2.34. The second kappa shape index (κ2) is 7.39. The Balaban J connectivity index is 0.00000208. The Morgan fingerprint density at radius 2 is 2.12 bits per heavy atom. The lowest BCUT2D eigenvalue weighted by Gasteiger charge is -2.28. The number of carbonyl (C=O) groups excluding carboxylic acids is 1. The molecule has 134 valence electrons. The van der Waals surface area contributed by atoms with E-state index in [-0.39, 0.29) is 29.3 Å². The van der Waals surface area contributed by atoms with E-state index in [1.54, 1.807) is 17.0 Å². The minimum Gasteiger partial charge on any atom is -0.314 e. The summed E-state index contributed by atoms with van der Waals surface area (Å²) < 4.78 is 28.1. The summed E-state index contributed by atoms with van der Waals surface area (Å²) in [7, 11) is -3.57. The van der Waals surface area contributed by atoms with E-state index >= 15 is 0 Å². The predicted octanol–water partition coefficient (Wildman–Crippen LogP) is 1.44. The van der Waals surface area contributed by atoms with Gasteiger partial charge in [-0.25, -0.2) is 13.1 Å². The second-order valence-electron chi connectivity index (χ2n) is 6.41. The number of sulfonamides is 1. The third-order valence-electron chi connectivity index (χ3n) is 4.59. The Labute approximate surface area is 149 Å². The third kappa shape index (κ3) is 3.91. The highest BCUT2D eigenvalue weighted by Gasteiger charge is 2.27. The number of piperidine rings is 1. The van der Waals surface area contributed by atoms with Crippen LogP contribution in [0.2, 0.25) is 0 Å². The minimum atomic E-state index is -3.57. The van der Waals surface area contributed by atoms with Crippen molar-refractivity contribution in [1.29, 1.82) is 0 Å². The van der Waals surface area contributed by atoms with E-state index < -0.39 is 10.0 Å². The molecule has 2 aliphatic rings. The lowest BCUT2D eigenvalue weighted by atomic mass is 10.0. The highest BCUT2D eigenvalue weighted by molar-refractivity contribution is 7.89. The molecule has 3 rings (SSSR count). The maximum atomic E-state index is 12.6. The van der Waals surface area contributed by atoms with Gasteiger partial charge in [0.25, 0.3) is 0 Å². The van der Waals surface area contributed by atoms with Crippen LogP contribution in [0.4, 0.5) is 5.69 Å². The maximum absolute atomic E-state index is 12.6. The predicted molar refractivity (Wildman–Crippen MR) is 96.2 cm³/mol. The number of amides is 1. The first kappa shape index (κ1) is 19.2. The van der Waals surface area contributed by atoms with E-state index in [4.69, 9.17) is 0 Å². The molecule has 1 aromatic rings. The number of anilines is 1. The molecule has 2 heterocycles. The van der Waals surface area contributed by atoms with Crippen molar-refractivity contribution in [2.24, 2.45) is 0 Å². The van der Waals surface area contributed by atoms with Gasteiger partial charge < -0.3 is 10.2 Å². The number of hydrogen-bond acceptors (Lipinski definition) is 4. The van der Waals surface area contributed by atoms with E-state index in [1.165, 1.54) is 6.92 Å². The fraction of sp³-hybridized carbons (Fsp3) is 0.562. The minimum absolute atomic E-state index is 0.